The highest BCUT2D eigenvalue weighted by molar-refractivity contribution is 7.80. The molecular formula is C13H17N5O4S. The molecule has 23 heavy (non-hydrogen) atoms. The number of rotatable bonds is 3. The van der Waals surface area contributed by atoms with Crippen molar-refractivity contribution in [2.45, 2.75) is 31.0 Å². The van der Waals surface area contributed by atoms with Crippen molar-refractivity contribution in [1.82, 2.24) is 14.5 Å². The predicted octanol–water partition coefficient (Wildman–Crippen LogP) is -1.35. The van der Waals surface area contributed by atoms with E-state index in [0.717, 1.165) is 0 Å². The molecule has 0 radical (unpaired) electrons. The van der Waals surface area contributed by atoms with E-state index in [2.05, 4.69) is 9.97 Å². The highest BCUT2D eigenvalue weighted by Crippen LogP contribution is 2.40. The lowest BCUT2D eigenvalue weighted by Gasteiger charge is -2.27. The van der Waals surface area contributed by atoms with Gasteiger partial charge in [-0.05, 0) is 6.92 Å². The fraction of sp³-hybridized carbons (Fsp3) is 0.462. The number of nitrogen functional groups attached to an aromatic ring is 1. The Balaban J connectivity index is 2.21. The third-order valence-corrected chi connectivity index (χ3v) is 4.31. The Bertz CT molecular complexity index is 777. The fourth-order valence-electron chi connectivity index (χ4n) is 2.86. The van der Waals surface area contributed by atoms with E-state index in [4.69, 9.17) is 28.4 Å². The van der Waals surface area contributed by atoms with Crippen molar-refractivity contribution < 1.29 is 20.1 Å². The van der Waals surface area contributed by atoms with E-state index in [0.29, 0.717) is 16.6 Å². The molecule has 4 atom stereocenters. The van der Waals surface area contributed by atoms with E-state index >= 15 is 0 Å². The molecule has 7 N–H and O–H groups in total. The molecule has 2 aromatic heterocycles. The predicted molar refractivity (Wildman–Crippen MR) is 85.5 cm³/mol. The molecule has 0 aromatic carbocycles. The van der Waals surface area contributed by atoms with Crippen molar-refractivity contribution in [3.05, 3.63) is 18.1 Å². The summed E-state index contributed by atoms with van der Waals surface area (Å²) in [6.07, 6.45) is -0.401. The molecule has 3 heterocycles. The first-order valence-corrected chi connectivity index (χ1v) is 7.27. The van der Waals surface area contributed by atoms with Crippen molar-refractivity contribution >= 4 is 34.1 Å². The number of anilines is 1. The van der Waals surface area contributed by atoms with Crippen LogP contribution in [0.1, 0.15) is 18.7 Å². The second-order valence-electron chi connectivity index (χ2n) is 5.65. The van der Waals surface area contributed by atoms with E-state index in [-0.39, 0.29) is 10.8 Å². The Morgan fingerprint density at radius 1 is 1.52 bits per heavy atom. The number of ether oxygens (including phenoxy) is 1. The van der Waals surface area contributed by atoms with Crippen LogP contribution in [0.3, 0.4) is 0 Å². The monoisotopic (exact) mass is 339 g/mol. The number of fused-ring (bicyclic) bond motifs is 1. The zero-order valence-corrected chi connectivity index (χ0v) is 13.1. The van der Waals surface area contributed by atoms with Gasteiger partial charge in [0.15, 0.2) is 6.23 Å². The molecule has 0 spiro atoms. The first-order chi connectivity index (χ1) is 10.8. The van der Waals surface area contributed by atoms with Crippen molar-refractivity contribution in [3.63, 3.8) is 0 Å². The Hall–Kier alpha value is -1.85. The molecule has 3 rings (SSSR count). The Labute approximate surface area is 136 Å². The van der Waals surface area contributed by atoms with Gasteiger partial charge in [-0.25, -0.2) is 9.97 Å². The standard InChI is InChI=1S/C13H17N5O4S/c1-13(21)8(20)6(3-19)22-12(13)18-2-5(10(15)23)7-9(14)16-4-17-11(7)18/h2,4,6,8,12,19-21H,3H2,1H3,(H2,15,23)(H2,14,16,17). The van der Waals surface area contributed by atoms with Crippen molar-refractivity contribution in [3.8, 4) is 0 Å². The number of aliphatic hydroxyl groups is 3. The van der Waals surface area contributed by atoms with Crippen LogP contribution >= 0.6 is 12.2 Å². The minimum Gasteiger partial charge on any atom is -0.394 e. The fourth-order valence-corrected chi connectivity index (χ4v) is 3.02. The number of aliphatic hydroxyl groups excluding tert-OH is 2. The van der Waals surface area contributed by atoms with Gasteiger partial charge in [0.2, 0.25) is 0 Å². The summed E-state index contributed by atoms with van der Waals surface area (Å²) < 4.78 is 7.08. The molecule has 4 unspecified atom stereocenters. The molecule has 0 saturated carbocycles. The summed E-state index contributed by atoms with van der Waals surface area (Å²) in [5, 5.41) is 30.5. The zero-order valence-electron chi connectivity index (χ0n) is 12.2. The highest BCUT2D eigenvalue weighted by atomic mass is 32.1. The summed E-state index contributed by atoms with van der Waals surface area (Å²) in [5.41, 5.74) is 10.7. The molecule has 1 aliphatic heterocycles. The number of nitrogens with two attached hydrogens (primary N) is 2. The van der Waals surface area contributed by atoms with Gasteiger partial charge >= 0.3 is 0 Å². The van der Waals surface area contributed by atoms with Gasteiger partial charge in [0, 0.05) is 11.8 Å². The van der Waals surface area contributed by atoms with Gasteiger partial charge in [-0.1, -0.05) is 12.2 Å². The zero-order chi connectivity index (χ0) is 16.9. The van der Waals surface area contributed by atoms with Gasteiger partial charge in [0.1, 0.15) is 40.6 Å². The summed E-state index contributed by atoms with van der Waals surface area (Å²) in [7, 11) is 0. The first-order valence-electron chi connectivity index (χ1n) is 6.86. The van der Waals surface area contributed by atoms with E-state index in [9.17, 15) is 15.3 Å². The number of hydrogen-bond acceptors (Lipinski definition) is 8. The third-order valence-electron chi connectivity index (χ3n) is 4.09. The molecule has 1 aliphatic rings. The second-order valence-corrected chi connectivity index (χ2v) is 6.09. The SMILES string of the molecule is CC1(O)C(O)C(CO)OC1n1cc(C(N)=S)c2c(N)ncnc21. The van der Waals surface area contributed by atoms with Crippen LogP contribution < -0.4 is 11.5 Å². The summed E-state index contributed by atoms with van der Waals surface area (Å²) in [6, 6.07) is 0. The minimum absolute atomic E-state index is 0.0900. The Kier molecular flexibility index (Phi) is 3.73. The lowest BCUT2D eigenvalue weighted by Crippen LogP contribution is -2.44. The summed E-state index contributed by atoms with van der Waals surface area (Å²) >= 11 is 5.02. The molecule has 124 valence electrons. The van der Waals surface area contributed by atoms with Crippen LogP contribution in [0.25, 0.3) is 11.0 Å². The lowest BCUT2D eigenvalue weighted by atomic mass is 9.96. The molecule has 0 amide bonds. The van der Waals surface area contributed by atoms with Gasteiger partial charge in [-0.2, -0.15) is 0 Å². The molecule has 9 nitrogen and oxygen atoms in total. The molecule has 0 bridgehead atoms. The van der Waals surface area contributed by atoms with Crippen LogP contribution in [-0.2, 0) is 4.74 Å². The Morgan fingerprint density at radius 3 is 2.78 bits per heavy atom. The van der Waals surface area contributed by atoms with Gasteiger partial charge in [0.05, 0.1) is 12.0 Å². The van der Waals surface area contributed by atoms with Crippen LogP contribution in [0.2, 0.25) is 0 Å². The average Bonchev–Trinajstić information content (AvgIpc) is 2.97. The molecule has 2 aromatic rings. The van der Waals surface area contributed by atoms with Gasteiger partial charge < -0.3 is 36.1 Å². The smallest absolute Gasteiger partial charge is 0.167 e. The van der Waals surface area contributed by atoms with Crippen LogP contribution in [0.15, 0.2) is 12.5 Å². The summed E-state index contributed by atoms with van der Waals surface area (Å²) in [6.45, 7) is 0.973. The maximum atomic E-state index is 10.6. The molecule has 0 aliphatic carbocycles. The number of aromatic nitrogens is 3. The van der Waals surface area contributed by atoms with Gasteiger partial charge in [0.25, 0.3) is 0 Å². The first kappa shape index (κ1) is 16.0. The molecule has 1 fully saturated rings. The quantitative estimate of drug-likeness (QED) is 0.427. The van der Waals surface area contributed by atoms with Crippen LogP contribution in [-0.4, -0.2) is 59.3 Å². The average molecular weight is 339 g/mol. The maximum absolute atomic E-state index is 10.6. The summed E-state index contributed by atoms with van der Waals surface area (Å²) in [5.74, 6) is 0.188. The lowest BCUT2D eigenvalue weighted by molar-refractivity contribution is -0.0948. The summed E-state index contributed by atoms with van der Waals surface area (Å²) in [4.78, 5) is 8.16. The molecule has 1 saturated heterocycles. The van der Waals surface area contributed by atoms with Crippen molar-refractivity contribution in [2.24, 2.45) is 5.73 Å². The second kappa shape index (κ2) is 5.35. The van der Waals surface area contributed by atoms with E-state index in [1.54, 1.807) is 6.20 Å². The highest BCUT2D eigenvalue weighted by Gasteiger charge is 2.53. The van der Waals surface area contributed by atoms with E-state index < -0.39 is 30.6 Å². The third kappa shape index (κ3) is 2.26. The topological polar surface area (TPSA) is 153 Å². The van der Waals surface area contributed by atoms with Gasteiger partial charge in [-0.15, -0.1) is 0 Å². The Morgan fingerprint density at radius 2 is 2.22 bits per heavy atom. The van der Waals surface area contributed by atoms with Crippen molar-refractivity contribution in [1.29, 1.82) is 0 Å². The van der Waals surface area contributed by atoms with E-state index in [1.165, 1.54) is 17.8 Å². The van der Waals surface area contributed by atoms with E-state index in [1.807, 2.05) is 0 Å². The van der Waals surface area contributed by atoms with Crippen LogP contribution in [0, 0.1) is 0 Å². The maximum Gasteiger partial charge on any atom is 0.167 e. The minimum atomic E-state index is -1.66. The van der Waals surface area contributed by atoms with Crippen LogP contribution in [0.5, 0.6) is 0 Å². The number of thiocarbonyl (C=S) groups is 1. The van der Waals surface area contributed by atoms with Crippen molar-refractivity contribution in [2.75, 3.05) is 12.3 Å². The normalized spacial score (nSPS) is 30.9. The van der Waals surface area contributed by atoms with Crippen LogP contribution in [0.4, 0.5) is 5.82 Å². The molecular weight excluding hydrogens is 322 g/mol. The number of hydrogen-bond donors (Lipinski definition) is 5. The largest absolute Gasteiger partial charge is 0.394 e. The molecule has 10 heteroatoms. The van der Waals surface area contributed by atoms with Gasteiger partial charge in [-0.3, -0.25) is 0 Å². The number of nitrogens with zero attached hydrogens (tertiary/aromatic N) is 3.